The Hall–Kier alpha value is -3.93. The Balaban J connectivity index is 1.36. The van der Waals surface area contributed by atoms with Crippen molar-refractivity contribution in [3.05, 3.63) is 109 Å². The Labute approximate surface area is 207 Å². The SMILES string of the molecule is O[B]c1cccc2c1oc1c(-c3ccc(N4c5ccccc5Sc5ccccc54)cc3)cccc12. The lowest BCUT2D eigenvalue weighted by Crippen LogP contribution is -2.14. The smallest absolute Gasteiger partial charge is 0.330 e. The molecule has 165 valence electrons. The standard InChI is InChI=1S/C30H19BNO2S/c33-31-24-10-6-9-23-22-8-5-7-21(29(22)34-30(23)24)19-15-17-20(18-16-19)32-25-11-1-3-13-27(25)35-28-14-4-2-12-26(28)32/h1-18,33H. The summed E-state index contributed by atoms with van der Waals surface area (Å²) in [4.78, 5) is 4.83. The van der Waals surface area contributed by atoms with Crippen molar-refractivity contribution < 1.29 is 9.44 Å². The fourth-order valence-electron chi connectivity index (χ4n) is 4.94. The summed E-state index contributed by atoms with van der Waals surface area (Å²) < 4.78 is 6.30. The molecule has 0 unspecified atom stereocenters. The van der Waals surface area contributed by atoms with Gasteiger partial charge in [-0.2, -0.15) is 0 Å². The summed E-state index contributed by atoms with van der Waals surface area (Å²) in [6.07, 6.45) is 0. The molecule has 1 aliphatic heterocycles. The van der Waals surface area contributed by atoms with Crippen LogP contribution in [0, 0.1) is 0 Å². The third-order valence-corrected chi connectivity index (χ3v) is 7.69. The molecular formula is C30H19BNO2S. The second-order valence-corrected chi connectivity index (χ2v) is 9.64. The molecule has 3 nitrogen and oxygen atoms in total. The summed E-state index contributed by atoms with van der Waals surface area (Å²) >= 11 is 1.81. The highest BCUT2D eigenvalue weighted by atomic mass is 32.2. The largest absolute Gasteiger partial charge is 0.456 e. The Morgan fingerprint density at radius 1 is 0.629 bits per heavy atom. The molecule has 1 aliphatic rings. The van der Waals surface area contributed by atoms with Gasteiger partial charge in [-0.05, 0) is 47.4 Å². The van der Waals surface area contributed by atoms with Gasteiger partial charge in [-0.1, -0.05) is 84.6 Å². The molecule has 0 bridgehead atoms. The van der Waals surface area contributed by atoms with Crippen molar-refractivity contribution >= 4 is 63.7 Å². The molecule has 0 amide bonds. The highest BCUT2D eigenvalue weighted by molar-refractivity contribution is 7.99. The fourth-order valence-corrected chi connectivity index (χ4v) is 6.00. The third kappa shape index (κ3) is 3.20. The first-order valence-corrected chi connectivity index (χ1v) is 12.3. The molecule has 1 N–H and O–H groups in total. The topological polar surface area (TPSA) is 36.6 Å². The number of anilines is 3. The van der Waals surface area contributed by atoms with E-state index < -0.39 is 0 Å². The van der Waals surface area contributed by atoms with Crippen LogP contribution in [-0.4, -0.2) is 12.5 Å². The monoisotopic (exact) mass is 468 g/mol. The lowest BCUT2D eigenvalue weighted by Gasteiger charge is -2.32. The maximum atomic E-state index is 9.65. The van der Waals surface area contributed by atoms with Crippen molar-refractivity contribution in [1.82, 2.24) is 0 Å². The van der Waals surface area contributed by atoms with E-state index in [1.54, 1.807) is 0 Å². The van der Waals surface area contributed by atoms with Crippen LogP contribution in [0.5, 0.6) is 0 Å². The van der Waals surface area contributed by atoms with Crippen LogP contribution in [0.3, 0.4) is 0 Å². The number of hydrogen-bond donors (Lipinski definition) is 1. The van der Waals surface area contributed by atoms with Gasteiger partial charge in [0.2, 0.25) is 0 Å². The molecule has 1 aromatic heterocycles. The van der Waals surface area contributed by atoms with Gasteiger partial charge in [0.15, 0.2) is 0 Å². The van der Waals surface area contributed by atoms with Gasteiger partial charge in [0, 0.05) is 31.8 Å². The van der Waals surface area contributed by atoms with Crippen molar-refractivity contribution in [2.75, 3.05) is 4.90 Å². The molecule has 0 atom stereocenters. The normalized spacial score (nSPS) is 12.5. The van der Waals surface area contributed by atoms with Gasteiger partial charge in [0.05, 0.1) is 11.4 Å². The van der Waals surface area contributed by atoms with Gasteiger partial charge in [-0.25, -0.2) is 0 Å². The van der Waals surface area contributed by atoms with E-state index in [-0.39, 0.29) is 0 Å². The van der Waals surface area contributed by atoms with Crippen LogP contribution < -0.4 is 10.4 Å². The number of fused-ring (bicyclic) bond motifs is 5. The first kappa shape index (κ1) is 20.4. The zero-order valence-corrected chi connectivity index (χ0v) is 19.5. The van der Waals surface area contributed by atoms with E-state index in [0.717, 1.165) is 40.7 Å². The molecule has 0 spiro atoms. The Morgan fingerprint density at radius 3 is 1.94 bits per heavy atom. The highest BCUT2D eigenvalue weighted by Gasteiger charge is 2.24. The molecule has 7 rings (SSSR count). The molecule has 6 aromatic rings. The number of benzene rings is 5. The Bertz CT molecular complexity index is 1680. The lowest BCUT2D eigenvalue weighted by atomic mass is 9.87. The first-order chi connectivity index (χ1) is 17.3. The Kier molecular flexibility index (Phi) is 4.72. The average molecular weight is 468 g/mol. The molecule has 0 saturated carbocycles. The fraction of sp³-hybridized carbons (Fsp3) is 0. The van der Waals surface area contributed by atoms with Crippen molar-refractivity contribution in [3.63, 3.8) is 0 Å². The summed E-state index contributed by atoms with van der Waals surface area (Å²) in [6, 6.07) is 37.8. The van der Waals surface area contributed by atoms with Crippen LogP contribution >= 0.6 is 11.8 Å². The second-order valence-electron chi connectivity index (χ2n) is 8.56. The number of hydrogen-bond acceptors (Lipinski definition) is 4. The number of rotatable bonds is 3. The van der Waals surface area contributed by atoms with Gasteiger partial charge >= 0.3 is 7.48 Å². The van der Waals surface area contributed by atoms with Crippen molar-refractivity contribution in [2.45, 2.75) is 9.79 Å². The number of para-hydroxylation sites is 4. The van der Waals surface area contributed by atoms with Crippen LogP contribution in [0.25, 0.3) is 33.1 Å². The molecule has 1 radical (unpaired) electrons. The molecule has 2 heterocycles. The van der Waals surface area contributed by atoms with E-state index in [4.69, 9.17) is 4.42 Å². The van der Waals surface area contributed by atoms with E-state index in [1.807, 2.05) is 30.0 Å². The molecule has 0 aliphatic carbocycles. The van der Waals surface area contributed by atoms with Gasteiger partial charge in [-0.3, -0.25) is 0 Å². The minimum atomic E-state index is 0.681. The van der Waals surface area contributed by atoms with Crippen LogP contribution in [0.4, 0.5) is 17.1 Å². The third-order valence-electron chi connectivity index (χ3n) is 6.56. The zero-order valence-electron chi connectivity index (χ0n) is 18.7. The molecule has 0 fully saturated rings. The molecule has 5 aromatic carbocycles. The van der Waals surface area contributed by atoms with Gasteiger partial charge in [0.1, 0.15) is 11.2 Å². The predicted octanol–water partition coefficient (Wildman–Crippen LogP) is 7.42. The van der Waals surface area contributed by atoms with E-state index in [1.165, 1.54) is 21.2 Å². The van der Waals surface area contributed by atoms with E-state index in [9.17, 15) is 5.02 Å². The van der Waals surface area contributed by atoms with Crippen LogP contribution in [-0.2, 0) is 0 Å². The number of furan rings is 1. The van der Waals surface area contributed by atoms with Gasteiger partial charge in [-0.15, -0.1) is 0 Å². The van der Waals surface area contributed by atoms with Crippen molar-refractivity contribution in [2.24, 2.45) is 0 Å². The highest BCUT2D eigenvalue weighted by Crippen LogP contribution is 2.51. The van der Waals surface area contributed by atoms with E-state index in [2.05, 4.69) is 95.9 Å². The van der Waals surface area contributed by atoms with Crippen molar-refractivity contribution in [1.29, 1.82) is 0 Å². The maximum absolute atomic E-state index is 9.65. The van der Waals surface area contributed by atoms with Crippen LogP contribution in [0.15, 0.2) is 123 Å². The zero-order chi connectivity index (χ0) is 23.4. The van der Waals surface area contributed by atoms with Gasteiger partial charge < -0.3 is 14.3 Å². The average Bonchev–Trinajstić information content (AvgIpc) is 3.31. The van der Waals surface area contributed by atoms with Crippen LogP contribution in [0.1, 0.15) is 0 Å². The summed E-state index contributed by atoms with van der Waals surface area (Å²) in [5.41, 5.74) is 7.82. The lowest BCUT2D eigenvalue weighted by molar-refractivity contribution is 0.613. The summed E-state index contributed by atoms with van der Waals surface area (Å²) in [5, 5.41) is 11.7. The molecular weight excluding hydrogens is 449 g/mol. The predicted molar refractivity (Wildman–Crippen MR) is 146 cm³/mol. The maximum Gasteiger partial charge on any atom is 0.330 e. The first-order valence-electron chi connectivity index (χ1n) is 11.5. The number of nitrogens with zero attached hydrogens (tertiary/aromatic N) is 1. The quantitative estimate of drug-likeness (QED) is 0.274. The minimum absolute atomic E-state index is 0.681. The second kappa shape index (κ2) is 8.09. The van der Waals surface area contributed by atoms with E-state index in [0.29, 0.717) is 11.0 Å². The summed E-state index contributed by atoms with van der Waals surface area (Å²) in [7, 11) is 1.10. The molecule has 35 heavy (non-hydrogen) atoms. The summed E-state index contributed by atoms with van der Waals surface area (Å²) in [6.45, 7) is 0. The Morgan fingerprint density at radius 2 is 1.26 bits per heavy atom. The van der Waals surface area contributed by atoms with E-state index >= 15 is 0 Å². The van der Waals surface area contributed by atoms with Crippen LogP contribution in [0.2, 0.25) is 0 Å². The molecule has 5 heteroatoms. The minimum Gasteiger partial charge on any atom is -0.456 e. The molecule has 0 saturated heterocycles. The van der Waals surface area contributed by atoms with Crippen molar-refractivity contribution in [3.8, 4) is 11.1 Å². The van der Waals surface area contributed by atoms with Gasteiger partial charge in [0.25, 0.3) is 0 Å². The summed E-state index contributed by atoms with van der Waals surface area (Å²) in [5.74, 6) is 0.